The minimum absolute atomic E-state index is 0.198. The third-order valence-corrected chi connectivity index (χ3v) is 3.80. The number of anilines is 1. The first-order valence-electron chi connectivity index (χ1n) is 6.87. The van der Waals surface area contributed by atoms with Crippen LogP contribution in [0.25, 0.3) is 16.7 Å². The number of hydrogen-bond acceptors (Lipinski definition) is 2. The fraction of sp³-hybridized carbons (Fsp3) is 0.188. The number of fused-ring (bicyclic) bond motifs is 1. The van der Waals surface area contributed by atoms with Crippen LogP contribution in [0, 0.1) is 11.6 Å². The van der Waals surface area contributed by atoms with Crippen LogP contribution in [0.4, 0.5) is 14.5 Å². The molecule has 21 heavy (non-hydrogen) atoms. The molecule has 3 nitrogen and oxygen atoms in total. The number of nitrogen functional groups attached to an aromatic ring is 1. The molecule has 0 spiro atoms. The molecular weight excluding hydrogens is 272 g/mol. The van der Waals surface area contributed by atoms with Crippen molar-refractivity contribution in [2.75, 3.05) is 5.73 Å². The lowest BCUT2D eigenvalue weighted by atomic mass is 10.2. The number of nitrogens with zero attached hydrogens (tertiary/aromatic N) is 2. The summed E-state index contributed by atoms with van der Waals surface area (Å²) in [6.45, 7) is 0. The normalized spacial score (nSPS) is 14.8. The second kappa shape index (κ2) is 4.28. The molecule has 1 aliphatic rings. The Morgan fingerprint density at radius 1 is 1.10 bits per heavy atom. The molecule has 0 amide bonds. The van der Waals surface area contributed by atoms with Crippen LogP contribution in [0.3, 0.4) is 0 Å². The van der Waals surface area contributed by atoms with Gasteiger partial charge in [0, 0.05) is 17.7 Å². The largest absolute Gasteiger partial charge is 0.399 e. The van der Waals surface area contributed by atoms with Gasteiger partial charge in [0.15, 0.2) is 0 Å². The third kappa shape index (κ3) is 1.96. The summed E-state index contributed by atoms with van der Waals surface area (Å²) >= 11 is 0. The number of halogens is 2. The van der Waals surface area contributed by atoms with E-state index in [4.69, 9.17) is 5.73 Å². The maximum atomic E-state index is 14.2. The van der Waals surface area contributed by atoms with E-state index in [9.17, 15) is 8.78 Å². The quantitative estimate of drug-likeness (QED) is 0.728. The monoisotopic (exact) mass is 285 g/mol. The molecule has 0 saturated heterocycles. The summed E-state index contributed by atoms with van der Waals surface area (Å²) in [5.41, 5.74) is 8.04. The molecule has 0 radical (unpaired) electrons. The fourth-order valence-electron chi connectivity index (χ4n) is 2.64. The summed E-state index contributed by atoms with van der Waals surface area (Å²) in [6, 6.07) is 8.77. The Labute approximate surface area is 120 Å². The van der Waals surface area contributed by atoms with Crippen LogP contribution < -0.4 is 5.73 Å². The van der Waals surface area contributed by atoms with Crippen molar-refractivity contribution in [3.8, 4) is 5.69 Å². The topological polar surface area (TPSA) is 43.8 Å². The summed E-state index contributed by atoms with van der Waals surface area (Å²) < 4.78 is 29.4. The molecule has 1 saturated carbocycles. The van der Waals surface area contributed by atoms with Crippen molar-refractivity contribution in [2.24, 2.45) is 0 Å². The summed E-state index contributed by atoms with van der Waals surface area (Å²) in [5, 5.41) is 0. The summed E-state index contributed by atoms with van der Waals surface area (Å²) in [6.07, 6.45) is 2.05. The van der Waals surface area contributed by atoms with Gasteiger partial charge < -0.3 is 5.73 Å². The van der Waals surface area contributed by atoms with Gasteiger partial charge in [0.25, 0.3) is 0 Å². The maximum absolute atomic E-state index is 14.2. The molecule has 4 rings (SSSR count). The van der Waals surface area contributed by atoms with Gasteiger partial charge in [-0.05, 0) is 43.2 Å². The van der Waals surface area contributed by atoms with Crippen LogP contribution in [0.5, 0.6) is 0 Å². The SMILES string of the molecule is Nc1ccc2c(c1)nc(C1CC1)n2-c1cc(F)ccc1F. The van der Waals surface area contributed by atoms with Gasteiger partial charge in [-0.2, -0.15) is 0 Å². The highest BCUT2D eigenvalue weighted by Crippen LogP contribution is 2.42. The molecule has 3 aromatic rings. The van der Waals surface area contributed by atoms with Crippen molar-refractivity contribution in [2.45, 2.75) is 18.8 Å². The van der Waals surface area contributed by atoms with Crippen molar-refractivity contribution in [1.29, 1.82) is 0 Å². The zero-order valence-electron chi connectivity index (χ0n) is 11.2. The van der Waals surface area contributed by atoms with Crippen LogP contribution in [-0.2, 0) is 0 Å². The highest BCUT2D eigenvalue weighted by atomic mass is 19.1. The second-order valence-electron chi connectivity index (χ2n) is 5.42. The highest BCUT2D eigenvalue weighted by Gasteiger charge is 2.30. The second-order valence-corrected chi connectivity index (χ2v) is 5.42. The Bertz CT molecular complexity index is 850. The van der Waals surface area contributed by atoms with Gasteiger partial charge in [-0.3, -0.25) is 4.57 Å². The van der Waals surface area contributed by atoms with Gasteiger partial charge >= 0.3 is 0 Å². The summed E-state index contributed by atoms with van der Waals surface area (Å²) in [7, 11) is 0. The van der Waals surface area contributed by atoms with Gasteiger partial charge in [-0.25, -0.2) is 13.8 Å². The van der Waals surface area contributed by atoms with Gasteiger partial charge in [0.1, 0.15) is 17.5 Å². The van der Waals surface area contributed by atoms with Crippen LogP contribution >= 0.6 is 0 Å². The lowest BCUT2D eigenvalue weighted by Crippen LogP contribution is -2.03. The smallest absolute Gasteiger partial charge is 0.147 e. The minimum atomic E-state index is -0.467. The predicted molar refractivity (Wildman–Crippen MR) is 77.4 cm³/mol. The molecule has 1 fully saturated rings. The van der Waals surface area contributed by atoms with Crippen LogP contribution in [-0.4, -0.2) is 9.55 Å². The molecule has 2 N–H and O–H groups in total. The van der Waals surface area contributed by atoms with E-state index in [1.807, 2.05) is 0 Å². The van der Waals surface area contributed by atoms with E-state index in [-0.39, 0.29) is 5.69 Å². The molecule has 0 aliphatic heterocycles. The maximum Gasteiger partial charge on any atom is 0.147 e. The van der Waals surface area contributed by atoms with E-state index in [0.29, 0.717) is 17.1 Å². The lowest BCUT2D eigenvalue weighted by molar-refractivity contribution is 0.591. The standard InChI is InChI=1S/C16H13F2N3/c17-10-3-5-12(18)15(7-10)21-14-6-4-11(19)8-13(14)20-16(21)9-1-2-9/h3-9H,1-2,19H2. The van der Waals surface area contributed by atoms with Crippen molar-refractivity contribution < 1.29 is 8.78 Å². The van der Waals surface area contributed by atoms with Crippen molar-refractivity contribution in [3.63, 3.8) is 0 Å². The van der Waals surface area contributed by atoms with Gasteiger partial charge in [-0.15, -0.1) is 0 Å². The average Bonchev–Trinajstić information content (AvgIpc) is 3.23. The third-order valence-electron chi connectivity index (χ3n) is 3.80. The van der Waals surface area contributed by atoms with E-state index >= 15 is 0 Å². The molecule has 1 heterocycles. The number of benzene rings is 2. The summed E-state index contributed by atoms with van der Waals surface area (Å²) in [5.74, 6) is 0.154. The Morgan fingerprint density at radius 3 is 2.67 bits per heavy atom. The molecule has 1 aromatic heterocycles. The lowest BCUT2D eigenvalue weighted by Gasteiger charge is -2.10. The Morgan fingerprint density at radius 2 is 1.90 bits per heavy atom. The van der Waals surface area contributed by atoms with E-state index in [0.717, 1.165) is 36.3 Å². The first-order chi connectivity index (χ1) is 10.1. The molecule has 2 aromatic carbocycles. The highest BCUT2D eigenvalue weighted by molar-refractivity contribution is 5.81. The van der Waals surface area contributed by atoms with Gasteiger partial charge in [-0.1, -0.05) is 0 Å². The molecule has 5 heteroatoms. The van der Waals surface area contributed by atoms with Gasteiger partial charge in [0.2, 0.25) is 0 Å². The van der Waals surface area contributed by atoms with E-state index < -0.39 is 11.6 Å². The average molecular weight is 285 g/mol. The molecule has 0 unspecified atom stereocenters. The molecule has 0 bridgehead atoms. The number of hydrogen-bond donors (Lipinski definition) is 1. The first kappa shape index (κ1) is 12.3. The Hall–Kier alpha value is -2.43. The summed E-state index contributed by atoms with van der Waals surface area (Å²) in [4.78, 5) is 4.58. The minimum Gasteiger partial charge on any atom is -0.399 e. The van der Waals surface area contributed by atoms with E-state index in [1.54, 1.807) is 22.8 Å². The van der Waals surface area contributed by atoms with Crippen molar-refractivity contribution >= 4 is 16.7 Å². The first-order valence-corrected chi connectivity index (χ1v) is 6.87. The Kier molecular flexibility index (Phi) is 2.51. The number of imidazole rings is 1. The van der Waals surface area contributed by atoms with Crippen molar-refractivity contribution in [3.05, 3.63) is 53.9 Å². The predicted octanol–water partition coefficient (Wildman–Crippen LogP) is 3.76. The fourth-order valence-corrected chi connectivity index (χ4v) is 2.64. The van der Waals surface area contributed by atoms with Gasteiger partial charge in [0.05, 0.1) is 16.7 Å². The van der Waals surface area contributed by atoms with Crippen molar-refractivity contribution in [1.82, 2.24) is 9.55 Å². The van der Waals surface area contributed by atoms with Crippen LogP contribution in [0.2, 0.25) is 0 Å². The van der Waals surface area contributed by atoms with Crippen LogP contribution in [0.1, 0.15) is 24.6 Å². The molecule has 0 atom stereocenters. The number of rotatable bonds is 2. The van der Waals surface area contributed by atoms with Crippen LogP contribution in [0.15, 0.2) is 36.4 Å². The molecule has 106 valence electrons. The zero-order valence-corrected chi connectivity index (χ0v) is 11.2. The molecular formula is C16H13F2N3. The van der Waals surface area contributed by atoms with E-state index in [1.165, 1.54) is 6.07 Å². The van der Waals surface area contributed by atoms with E-state index in [2.05, 4.69) is 4.98 Å². The Balaban J connectivity index is 2.06. The number of nitrogens with two attached hydrogens (primary N) is 1. The molecule has 1 aliphatic carbocycles. The zero-order chi connectivity index (χ0) is 14.6. The number of aromatic nitrogens is 2.